The summed E-state index contributed by atoms with van der Waals surface area (Å²) in [6.07, 6.45) is 0. The van der Waals surface area contributed by atoms with Crippen LogP contribution in [0, 0.1) is 46.9 Å². The summed E-state index contributed by atoms with van der Waals surface area (Å²) in [6.45, 7) is 6.51. The van der Waals surface area contributed by atoms with E-state index in [0.29, 0.717) is 6.67 Å². The van der Waals surface area contributed by atoms with E-state index in [1.54, 1.807) is 0 Å². The van der Waals surface area contributed by atoms with Crippen LogP contribution in [0.15, 0.2) is 0 Å². The van der Waals surface area contributed by atoms with Crippen LogP contribution >= 0.6 is 0 Å². The first-order valence-corrected chi connectivity index (χ1v) is 2.68. The van der Waals surface area contributed by atoms with Gasteiger partial charge in [-0.2, -0.15) is 13.1 Å². The molecule has 0 spiro atoms. The normalized spacial score (nSPS) is 8.25. The minimum atomic E-state index is 0. The third-order valence-electron chi connectivity index (χ3n) is 0.647. The van der Waals surface area contributed by atoms with Crippen LogP contribution < -0.4 is 0 Å². The number of hydrogen-bond acceptors (Lipinski definition) is 0. The van der Waals surface area contributed by atoms with Crippen LogP contribution in [-0.2, 0) is 0 Å². The Balaban J connectivity index is 0. The molecule has 0 amide bonds. The zero-order valence-electron chi connectivity index (χ0n) is 5.28. The third-order valence-corrected chi connectivity index (χ3v) is 0.647. The molecule has 0 aromatic carbocycles. The molecule has 8 heavy (non-hydrogen) atoms. The van der Waals surface area contributed by atoms with E-state index in [-0.39, 0.29) is 46.9 Å². The molecular formula is C5H12N2Yb. The van der Waals surface area contributed by atoms with E-state index in [1.807, 2.05) is 13.8 Å². The number of rotatable bonds is 4. The van der Waals surface area contributed by atoms with Crippen molar-refractivity contribution in [2.45, 2.75) is 13.8 Å². The van der Waals surface area contributed by atoms with Gasteiger partial charge in [-0.15, -0.1) is 0 Å². The van der Waals surface area contributed by atoms with Gasteiger partial charge in [0.25, 0.3) is 0 Å². The molecule has 0 aromatic rings. The Hall–Kier alpha value is 1.44. The summed E-state index contributed by atoms with van der Waals surface area (Å²) in [5.41, 5.74) is 0. The van der Waals surface area contributed by atoms with E-state index in [0.717, 1.165) is 13.1 Å². The van der Waals surface area contributed by atoms with Crippen molar-refractivity contribution in [3.05, 3.63) is 10.6 Å². The van der Waals surface area contributed by atoms with Gasteiger partial charge < -0.3 is 10.6 Å². The van der Waals surface area contributed by atoms with Crippen molar-refractivity contribution in [2.75, 3.05) is 19.8 Å². The Morgan fingerprint density at radius 3 is 1.62 bits per heavy atom. The Bertz CT molecular complexity index is 29.6. The largest absolute Gasteiger partial charge is 2.00 e. The molecule has 0 radical (unpaired) electrons. The maximum absolute atomic E-state index is 3.99. The predicted molar refractivity (Wildman–Crippen MR) is 32.7 cm³/mol. The van der Waals surface area contributed by atoms with Crippen LogP contribution in [0.4, 0.5) is 0 Å². The van der Waals surface area contributed by atoms with Crippen LogP contribution in [0.3, 0.4) is 0 Å². The van der Waals surface area contributed by atoms with Gasteiger partial charge in [-0.1, -0.05) is 13.8 Å². The van der Waals surface area contributed by atoms with E-state index >= 15 is 0 Å². The molecule has 0 saturated carbocycles. The van der Waals surface area contributed by atoms with Gasteiger partial charge in [0.15, 0.2) is 0 Å². The molecule has 0 saturated heterocycles. The summed E-state index contributed by atoms with van der Waals surface area (Å²) >= 11 is 0. The predicted octanol–water partition coefficient (Wildman–Crippen LogP) is 1.73. The van der Waals surface area contributed by atoms with Gasteiger partial charge in [0, 0.05) is 0 Å². The first-order chi connectivity index (χ1) is 3.41. The van der Waals surface area contributed by atoms with Gasteiger partial charge in [0.05, 0.1) is 0 Å². The van der Waals surface area contributed by atoms with Crippen molar-refractivity contribution in [2.24, 2.45) is 0 Å². The summed E-state index contributed by atoms with van der Waals surface area (Å²) < 4.78 is 0. The third kappa shape index (κ3) is 10.4. The van der Waals surface area contributed by atoms with Gasteiger partial charge in [0.2, 0.25) is 0 Å². The first-order valence-electron chi connectivity index (χ1n) is 2.68. The minimum Gasteiger partial charge on any atom is -0.681 e. The van der Waals surface area contributed by atoms with Crippen LogP contribution in [0.2, 0.25) is 0 Å². The summed E-state index contributed by atoms with van der Waals surface area (Å²) in [5, 5.41) is 7.99. The van der Waals surface area contributed by atoms with E-state index in [2.05, 4.69) is 10.6 Å². The van der Waals surface area contributed by atoms with E-state index < -0.39 is 0 Å². The second-order valence-corrected chi connectivity index (χ2v) is 1.22. The van der Waals surface area contributed by atoms with Gasteiger partial charge in [-0.25, -0.2) is 0 Å². The Morgan fingerprint density at radius 2 is 1.38 bits per heavy atom. The van der Waals surface area contributed by atoms with Gasteiger partial charge in [-0.05, 0) is 0 Å². The molecule has 0 bridgehead atoms. The fourth-order valence-corrected chi connectivity index (χ4v) is 0.271. The fraction of sp³-hybridized carbons (Fsp3) is 1.00. The molecule has 0 rings (SSSR count). The molecule has 0 aliphatic heterocycles. The second-order valence-electron chi connectivity index (χ2n) is 1.22. The smallest absolute Gasteiger partial charge is 0.681 e. The maximum Gasteiger partial charge on any atom is 2.00 e. The summed E-state index contributed by atoms with van der Waals surface area (Å²) in [4.78, 5) is 0. The fourth-order valence-electron chi connectivity index (χ4n) is 0.271. The van der Waals surface area contributed by atoms with Crippen molar-refractivity contribution in [3.8, 4) is 0 Å². The summed E-state index contributed by atoms with van der Waals surface area (Å²) in [7, 11) is 0. The molecule has 2 nitrogen and oxygen atoms in total. The van der Waals surface area contributed by atoms with E-state index in [4.69, 9.17) is 0 Å². The van der Waals surface area contributed by atoms with Crippen LogP contribution in [0.5, 0.6) is 0 Å². The monoisotopic (exact) mass is 274 g/mol. The van der Waals surface area contributed by atoms with Crippen molar-refractivity contribution in [1.82, 2.24) is 0 Å². The van der Waals surface area contributed by atoms with Crippen LogP contribution in [0.1, 0.15) is 13.8 Å². The van der Waals surface area contributed by atoms with Gasteiger partial charge in [-0.3, -0.25) is 6.67 Å². The molecule has 0 atom stereocenters. The van der Waals surface area contributed by atoms with Crippen LogP contribution in [0.25, 0.3) is 10.6 Å². The average Bonchev–Trinajstić information content (AvgIpc) is 1.69. The van der Waals surface area contributed by atoms with Gasteiger partial charge in [0.1, 0.15) is 0 Å². The van der Waals surface area contributed by atoms with Crippen molar-refractivity contribution in [3.63, 3.8) is 0 Å². The molecule has 0 aliphatic carbocycles. The zero-order valence-corrected chi connectivity index (χ0v) is 7.00. The molecule has 0 aromatic heterocycles. The first kappa shape index (κ1) is 12.1. The Morgan fingerprint density at radius 1 is 1.00 bits per heavy atom. The Labute approximate surface area is 90.0 Å². The number of hydrogen-bond donors (Lipinski definition) is 0. The molecule has 56 valence electrons. The number of nitrogens with zero attached hydrogens (tertiary/aromatic N) is 2. The molecule has 0 heterocycles. The van der Waals surface area contributed by atoms with Crippen molar-refractivity contribution in [1.29, 1.82) is 0 Å². The standard InChI is InChI=1S/C5H12N2.Yb/c1-3-6-5-7-4-2;/h3-5H2,1-2H3;/q-2;+2. The molecule has 3 heteroatoms. The minimum absolute atomic E-state index is 0. The second kappa shape index (κ2) is 11.3. The molecule has 0 unspecified atom stereocenters. The van der Waals surface area contributed by atoms with Crippen molar-refractivity contribution >= 4 is 0 Å². The topological polar surface area (TPSA) is 28.2 Å². The van der Waals surface area contributed by atoms with E-state index in [1.165, 1.54) is 0 Å². The van der Waals surface area contributed by atoms with Gasteiger partial charge >= 0.3 is 46.9 Å². The molecule has 0 aliphatic rings. The zero-order chi connectivity index (χ0) is 5.54. The Kier molecular flexibility index (Phi) is 17.1. The summed E-state index contributed by atoms with van der Waals surface area (Å²) in [6, 6.07) is 0. The SMILES string of the molecule is CC[N-]C[N-]CC.[Yb+2]. The van der Waals surface area contributed by atoms with E-state index in [9.17, 15) is 0 Å². The maximum atomic E-state index is 3.99. The van der Waals surface area contributed by atoms with Crippen molar-refractivity contribution < 1.29 is 46.9 Å². The molecule has 0 N–H and O–H groups in total. The van der Waals surface area contributed by atoms with Crippen LogP contribution in [-0.4, -0.2) is 19.8 Å². The molecule has 0 fully saturated rings. The summed E-state index contributed by atoms with van der Waals surface area (Å²) in [5.74, 6) is 0. The quantitative estimate of drug-likeness (QED) is 0.698. The average molecular weight is 273 g/mol. The molecular weight excluding hydrogens is 261 g/mol.